The van der Waals surface area contributed by atoms with E-state index in [0.29, 0.717) is 12.5 Å². The normalized spacial score (nSPS) is 16.0. The van der Waals surface area contributed by atoms with Gasteiger partial charge in [0.15, 0.2) is 0 Å². The summed E-state index contributed by atoms with van der Waals surface area (Å²) in [6.45, 7) is 4.51. The van der Waals surface area contributed by atoms with Crippen LogP contribution < -0.4 is 5.73 Å². The molecule has 1 aromatic rings. The molecular formula is C14H20N2O. The first kappa shape index (κ1) is 12.0. The summed E-state index contributed by atoms with van der Waals surface area (Å²) in [5.74, 6) is 0.688. The lowest BCUT2D eigenvalue weighted by Crippen LogP contribution is -2.01. The summed E-state index contributed by atoms with van der Waals surface area (Å²) < 4.78 is 0. The van der Waals surface area contributed by atoms with Gasteiger partial charge in [-0.3, -0.25) is 0 Å². The molecule has 1 fully saturated rings. The van der Waals surface area contributed by atoms with Gasteiger partial charge < -0.3 is 10.6 Å². The fraction of sp³-hybridized carbons (Fsp3) is 0.500. The van der Waals surface area contributed by atoms with Crippen LogP contribution in [-0.4, -0.2) is 5.71 Å². The summed E-state index contributed by atoms with van der Waals surface area (Å²) in [4.78, 5) is 5.38. The number of hydrogen-bond acceptors (Lipinski definition) is 3. The summed E-state index contributed by atoms with van der Waals surface area (Å²) in [6.07, 6.45) is 3.46. The Balaban J connectivity index is 2.09. The van der Waals surface area contributed by atoms with Gasteiger partial charge in [0.25, 0.3) is 0 Å². The van der Waals surface area contributed by atoms with Gasteiger partial charge in [0.05, 0.1) is 5.71 Å². The van der Waals surface area contributed by atoms with Gasteiger partial charge in [-0.1, -0.05) is 24.2 Å². The topological polar surface area (TPSA) is 47.6 Å². The van der Waals surface area contributed by atoms with Crippen LogP contribution in [0.15, 0.2) is 23.4 Å². The molecular weight excluding hydrogens is 212 g/mol. The van der Waals surface area contributed by atoms with Crippen molar-refractivity contribution in [3.05, 3.63) is 29.3 Å². The molecule has 0 radical (unpaired) electrons. The van der Waals surface area contributed by atoms with Crippen molar-refractivity contribution in [2.75, 3.05) is 5.73 Å². The molecule has 2 N–H and O–H groups in total. The lowest BCUT2D eigenvalue weighted by Gasteiger charge is -2.10. The summed E-state index contributed by atoms with van der Waals surface area (Å²) in [7, 11) is 0. The van der Waals surface area contributed by atoms with E-state index < -0.39 is 0 Å². The van der Waals surface area contributed by atoms with Gasteiger partial charge in [-0.15, -0.1) is 0 Å². The SMILES string of the molecule is CCC(C)=NOCc1c(N)cccc1C1CC1. The molecule has 0 unspecified atom stereocenters. The smallest absolute Gasteiger partial charge is 0.144 e. The fourth-order valence-corrected chi connectivity index (χ4v) is 1.84. The molecule has 0 spiro atoms. The third kappa shape index (κ3) is 2.99. The Labute approximate surface area is 103 Å². The van der Waals surface area contributed by atoms with E-state index in [4.69, 9.17) is 10.6 Å². The first-order valence-electron chi connectivity index (χ1n) is 6.25. The molecule has 0 aromatic heterocycles. The highest BCUT2D eigenvalue weighted by Crippen LogP contribution is 2.42. The molecule has 92 valence electrons. The molecule has 3 heteroatoms. The number of nitrogens with two attached hydrogens (primary N) is 1. The van der Waals surface area contributed by atoms with Crippen molar-refractivity contribution in [3.63, 3.8) is 0 Å². The molecule has 0 heterocycles. The zero-order valence-corrected chi connectivity index (χ0v) is 10.6. The largest absolute Gasteiger partial charge is 0.398 e. The van der Waals surface area contributed by atoms with E-state index in [0.717, 1.165) is 23.4 Å². The summed E-state index contributed by atoms with van der Waals surface area (Å²) in [5, 5.41) is 4.06. The quantitative estimate of drug-likeness (QED) is 0.480. The maximum absolute atomic E-state index is 6.01. The van der Waals surface area contributed by atoms with Crippen LogP contribution in [0.2, 0.25) is 0 Å². The number of oxime groups is 1. The van der Waals surface area contributed by atoms with E-state index in [1.807, 2.05) is 19.1 Å². The molecule has 17 heavy (non-hydrogen) atoms. The second-order valence-corrected chi connectivity index (χ2v) is 4.64. The van der Waals surface area contributed by atoms with Crippen molar-refractivity contribution >= 4 is 11.4 Å². The van der Waals surface area contributed by atoms with Gasteiger partial charge in [0.1, 0.15) is 6.61 Å². The highest BCUT2D eigenvalue weighted by Gasteiger charge is 2.26. The molecule has 1 aliphatic carbocycles. The molecule has 0 bridgehead atoms. The predicted molar refractivity (Wildman–Crippen MR) is 71.0 cm³/mol. The number of rotatable bonds is 5. The third-order valence-electron chi connectivity index (χ3n) is 3.21. The van der Waals surface area contributed by atoms with Crippen molar-refractivity contribution in [1.29, 1.82) is 0 Å². The zero-order valence-electron chi connectivity index (χ0n) is 10.6. The summed E-state index contributed by atoms with van der Waals surface area (Å²) >= 11 is 0. The Morgan fingerprint density at radius 1 is 1.47 bits per heavy atom. The first-order valence-corrected chi connectivity index (χ1v) is 6.25. The average molecular weight is 232 g/mol. The maximum Gasteiger partial charge on any atom is 0.144 e. The Kier molecular flexibility index (Phi) is 3.67. The van der Waals surface area contributed by atoms with E-state index in [1.165, 1.54) is 18.4 Å². The summed E-state index contributed by atoms with van der Waals surface area (Å²) in [5.41, 5.74) is 10.3. The zero-order chi connectivity index (χ0) is 12.3. The minimum atomic E-state index is 0.482. The van der Waals surface area contributed by atoms with Crippen LogP contribution in [-0.2, 0) is 11.4 Å². The van der Waals surface area contributed by atoms with Crippen LogP contribution >= 0.6 is 0 Å². The van der Waals surface area contributed by atoms with Crippen LogP contribution in [0, 0.1) is 0 Å². The van der Waals surface area contributed by atoms with E-state index in [1.54, 1.807) is 0 Å². The molecule has 1 aliphatic rings. The Bertz CT molecular complexity index is 422. The number of nitrogen functional groups attached to an aromatic ring is 1. The monoisotopic (exact) mass is 232 g/mol. The van der Waals surface area contributed by atoms with Crippen molar-refractivity contribution in [3.8, 4) is 0 Å². The van der Waals surface area contributed by atoms with Crippen LogP contribution in [0.4, 0.5) is 5.69 Å². The molecule has 0 saturated heterocycles. The molecule has 3 nitrogen and oxygen atoms in total. The van der Waals surface area contributed by atoms with Crippen LogP contribution in [0.3, 0.4) is 0 Å². The highest BCUT2D eigenvalue weighted by atomic mass is 16.6. The predicted octanol–water partition coefficient (Wildman–Crippen LogP) is 3.45. The lowest BCUT2D eigenvalue weighted by atomic mass is 10.0. The van der Waals surface area contributed by atoms with Crippen molar-refractivity contribution in [1.82, 2.24) is 0 Å². The second-order valence-electron chi connectivity index (χ2n) is 4.64. The Hall–Kier alpha value is -1.51. The number of benzene rings is 1. The molecule has 1 aromatic carbocycles. The highest BCUT2D eigenvalue weighted by molar-refractivity contribution is 5.80. The fourth-order valence-electron chi connectivity index (χ4n) is 1.84. The molecule has 1 saturated carbocycles. The van der Waals surface area contributed by atoms with E-state index in [2.05, 4.69) is 18.1 Å². The molecule has 0 atom stereocenters. The van der Waals surface area contributed by atoms with Gasteiger partial charge >= 0.3 is 0 Å². The first-order chi connectivity index (χ1) is 8.22. The third-order valence-corrected chi connectivity index (χ3v) is 3.21. The van der Waals surface area contributed by atoms with Gasteiger partial charge in [-0.2, -0.15) is 0 Å². The Morgan fingerprint density at radius 3 is 2.88 bits per heavy atom. The minimum Gasteiger partial charge on any atom is -0.398 e. The van der Waals surface area contributed by atoms with Crippen LogP contribution in [0.25, 0.3) is 0 Å². The lowest BCUT2D eigenvalue weighted by molar-refractivity contribution is 0.129. The van der Waals surface area contributed by atoms with Crippen molar-refractivity contribution < 1.29 is 4.84 Å². The average Bonchev–Trinajstić information content (AvgIpc) is 3.14. The number of nitrogens with zero attached hydrogens (tertiary/aromatic N) is 1. The van der Waals surface area contributed by atoms with Gasteiger partial charge in [-0.25, -0.2) is 0 Å². The van der Waals surface area contributed by atoms with E-state index in [-0.39, 0.29) is 0 Å². The Morgan fingerprint density at radius 2 is 2.24 bits per heavy atom. The second kappa shape index (κ2) is 5.21. The van der Waals surface area contributed by atoms with Crippen molar-refractivity contribution in [2.45, 2.75) is 45.6 Å². The number of anilines is 1. The molecule has 0 amide bonds. The van der Waals surface area contributed by atoms with Gasteiger partial charge in [0, 0.05) is 11.3 Å². The van der Waals surface area contributed by atoms with Crippen LogP contribution in [0.5, 0.6) is 0 Å². The van der Waals surface area contributed by atoms with Gasteiger partial charge in [0.2, 0.25) is 0 Å². The molecule has 0 aliphatic heterocycles. The minimum absolute atomic E-state index is 0.482. The van der Waals surface area contributed by atoms with E-state index in [9.17, 15) is 0 Å². The number of hydrogen-bond donors (Lipinski definition) is 1. The van der Waals surface area contributed by atoms with E-state index >= 15 is 0 Å². The van der Waals surface area contributed by atoms with Crippen LogP contribution in [0.1, 0.15) is 50.2 Å². The maximum atomic E-state index is 6.01. The van der Waals surface area contributed by atoms with Crippen molar-refractivity contribution in [2.24, 2.45) is 5.16 Å². The van der Waals surface area contributed by atoms with Gasteiger partial charge in [-0.05, 0) is 43.7 Å². The summed E-state index contributed by atoms with van der Waals surface area (Å²) in [6, 6.07) is 6.11. The molecule has 2 rings (SSSR count). The standard InChI is InChI=1S/C14H20N2O/c1-3-10(2)16-17-9-13-12(11-7-8-11)5-4-6-14(13)15/h4-6,11H,3,7-9,15H2,1-2H3.